The van der Waals surface area contributed by atoms with Crippen molar-refractivity contribution in [2.24, 2.45) is 5.73 Å². The number of halogens is 4. The molecule has 2 atom stereocenters. The van der Waals surface area contributed by atoms with Gasteiger partial charge in [-0.3, -0.25) is 4.79 Å². The average molecular weight is 224 g/mol. The minimum absolute atomic E-state index is 0. The number of rotatable bonds is 3. The fraction of sp³-hybridized carbons (Fsp3) is 0.800. The highest BCUT2D eigenvalue weighted by Gasteiger charge is 2.39. The number of carboxylic acids is 1. The van der Waals surface area contributed by atoms with Crippen molar-refractivity contribution in [2.75, 3.05) is 0 Å². The Kier molecular flexibility index (Phi) is 6.05. The van der Waals surface area contributed by atoms with Crippen molar-refractivity contribution in [2.45, 2.75) is 24.7 Å². The van der Waals surface area contributed by atoms with E-state index < -0.39 is 30.7 Å². The van der Waals surface area contributed by atoms with Crippen molar-refractivity contribution >= 4 is 18.4 Å². The van der Waals surface area contributed by atoms with Crippen molar-refractivity contribution in [1.29, 1.82) is 0 Å². The van der Waals surface area contributed by atoms with Gasteiger partial charge in [0.15, 0.2) is 6.10 Å². The number of hydrogen-bond donors (Lipinski definition) is 3. The van der Waals surface area contributed by atoms with Gasteiger partial charge in [-0.1, -0.05) is 0 Å². The Bertz CT molecular complexity index is 175. The second kappa shape index (κ2) is 5.25. The van der Waals surface area contributed by atoms with Gasteiger partial charge in [0.1, 0.15) is 6.04 Å². The summed E-state index contributed by atoms with van der Waals surface area (Å²) in [5, 5.41) is 16.4. The third-order valence-electron chi connectivity index (χ3n) is 1.17. The maximum absolute atomic E-state index is 11.6. The number of aliphatic hydroxyl groups excluding tert-OH is 1. The van der Waals surface area contributed by atoms with E-state index in [2.05, 4.69) is 0 Å². The molecule has 0 saturated heterocycles. The van der Waals surface area contributed by atoms with Gasteiger partial charge in [0, 0.05) is 6.42 Å². The molecule has 8 heteroatoms. The summed E-state index contributed by atoms with van der Waals surface area (Å²) in [6.07, 6.45) is -8.52. The largest absolute Gasteiger partial charge is 0.480 e. The van der Waals surface area contributed by atoms with E-state index in [1.54, 1.807) is 0 Å². The van der Waals surface area contributed by atoms with Crippen LogP contribution in [0.25, 0.3) is 0 Å². The van der Waals surface area contributed by atoms with Crippen LogP contribution in [-0.2, 0) is 4.79 Å². The molecule has 13 heavy (non-hydrogen) atoms. The first kappa shape index (κ1) is 15.0. The van der Waals surface area contributed by atoms with Crippen LogP contribution in [0.3, 0.4) is 0 Å². The first-order valence-corrected chi connectivity index (χ1v) is 2.98. The van der Waals surface area contributed by atoms with Crippen LogP contribution in [-0.4, -0.2) is 34.5 Å². The van der Waals surface area contributed by atoms with E-state index in [1.165, 1.54) is 0 Å². The zero-order chi connectivity index (χ0) is 9.94. The van der Waals surface area contributed by atoms with E-state index in [0.717, 1.165) is 0 Å². The lowest BCUT2D eigenvalue weighted by Gasteiger charge is -2.15. The maximum atomic E-state index is 11.6. The summed E-state index contributed by atoms with van der Waals surface area (Å²) in [5.41, 5.74) is 4.75. The molecule has 0 bridgehead atoms. The normalized spacial score (nSPS) is 15.8. The molecular weight excluding hydrogens is 215 g/mol. The van der Waals surface area contributed by atoms with Crippen LogP contribution in [0.5, 0.6) is 0 Å². The van der Waals surface area contributed by atoms with Gasteiger partial charge in [0.25, 0.3) is 0 Å². The number of hydrogen-bond acceptors (Lipinski definition) is 3. The van der Waals surface area contributed by atoms with Crippen LogP contribution in [0.2, 0.25) is 0 Å². The zero-order valence-corrected chi connectivity index (χ0v) is 7.10. The molecule has 0 aliphatic rings. The van der Waals surface area contributed by atoms with Gasteiger partial charge in [0.05, 0.1) is 0 Å². The Hall–Kier alpha value is -0.530. The summed E-state index contributed by atoms with van der Waals surface area (Å²) in [5.74, 6) is -1.57. The second-order valence-corrected chi connectivity index (χ2v) is 2.24. The third kappa shape index (κ3) is 5.67. The Morgan fingerprint density at radius 2 is 1.85 bits per heavy atom. The molecule has 4 N–H and O–H groups in total. The summed E-state index contributed by atoms with van der Waals surface area (Å²) < 4.78 is 34.7. The number of aliphatic hydroxyl groups is 1. The molecule has 0 aromatic heterocycles. The fourth-order valence-corrected chi connectivity index (χ4v) is 0.475. The predicted molar refractivity (Wildman–Crippen MR) is 39.5 cm³/mol. The minimum Gasteiger partial charge on any atom is -0.480 e. The number of carbonyl (C=O) groups is 1. The Morgan fingerprint density at radius 3 is 2.08 bits per heavy atom. The topological polar surface area (TPSA) is 83.5 Å². The van der Waals surface area contributed by atoms with E-state index in [4.69, 9.17) is 15.9 Å². The molecule has 80 valence electrons. The molecule has 2 unspecified atom stereocenters. The van der Waals surface area contributed by atoms with Gasteiger partial charge in [-0.2, -0.15) is 13.2 Å². The fourth-order valence-electron chi connectivity index (χ4n) is 0.475. The molecule has 0 rings (SSSR count). The van der Waals surface area contributed by atoms with Crippen LogP contribution in [0.1, 0.15) is 6.42 Å². The van der Waals surface area contributed by atoms with Crippen molar-refractivity contribution in [1.82, 2.24) is 0 Å². The van der Waals surface area contributed by atoms with Gasteiger partial charge >= 0.3 is 12.1 Å². The number of carboxylic acid groups (broad SMARTS) is 1. The molecular formula is C5H9ClF3NO3. The van der Waals surface area contributed by atoms with E-state index in [-0.39, 0.29) is 12.4 Å². The quantitative estimate of drug-likeness (QED) is 0.635. The van der Waals surface area contributed by atoms with Crippen LogP contribution in [0.4, 0.5) is 13.2 Å². The summed E-state index contributed by atoms with van der Waals surface area (Å²) in [6.45, 7) is 0. The van der Waals surface area contributed by atoms with Crippen LogP contribution in [0.15, 0.2) is 0 Å². The lowest BCUT2D eigenvalue weighted by molar-refractivity contribution is -0.207. The highest BCUT2D eigenvalue weighted by Crippen LogP contribution is 2.22. The van der Waals surface area contributed by atoms with E-state index in [0.29, 0.717) is 0 Å². The summed E-state index contributed by atoms with van der Waals surface area (Å²) >= 11 is 0. The van der Waals surface area contributed by atoms with E-state index >= 15 is 0 Å². The zero-order valence-electron chi connectivity index (χ0n) is 6.28. The van der Waals surface area contributed by atoms with Gasteiger partial charge in [-0.05, 0) is 0 Å². The SMILES string of the molecule is Cl.NC(CC(O)C(F)(F)F)C(=O)O. The van der Waals surface area contributed by atoms with Crippen LogP contribution >= 0.6 is 12.4 Å². The molecule has 0 amide bonds. The highest BCUT2D eigenvalue weighted by molar-refractivity contribution is 5.85. The smallest absolute Gasteiger partial charge is 0.414 e. The first-order chi connectivity index (χ1) is 5.25. The molecule has 0 aromatic carbocycles. The third-order valence-corrected chi connectivity index (χ3v) is 1.17. The van der Waals surface area contributed by atoms with Crippen LogP contribution in [0, 0.1) is 0 Å². The van der Waals surface area contributed by atoms with Gasteiger partial charge in [-0.15, -0.1) is 12.4 Å². The van der Waals surface area contributed by atoms with E-state index in [1.807, 2.05) is 0 Å². The monoisotopic (exact) mass is 223 g/mol. The Labute approximate surface area is 77.9 Å². The lowest BCUT2D eigenvalue weighted by atomic mass is 10.1. The molecule has 0 radical (unpaired) electrons. The van der Waals surface area contributed by atoms with Gasteiger partial charge in [-0.25, -0.2) is 0 Å². The average Bonchev–Trinajstić information content (AvgIpc) is 1.85. The van der Waals surface area contributed by atoms with Crippen molar-refractivity contribution < 1.29 is 28.2 Å². The Morgan fingerprint density at radius 1 is 1.46 bits per heavy atom. The summed E-state index contributed by atoms with van der Waals surface area (Å²) in [4.78, 5) is 9.96. The number of aliphatic carboxylic acids is 1. The van der Waals surface area contributed by atoms with Gasteiger partial charge in [0.2, 0.25) is 0 Å². The molecule has 0 heterocycles. The minimum atomic E-state index is -4.81. The number of nitrogens with two attached hydrogens (primary N) is 1. The highest BCUT2D eigenvalue weighted by atomic mass is 35.5. The molecule has 0 fully saturated rings. The molecule has 0 saturated carbocycles. The number of alkyl halides is 3. The van der Waals surface area contributed by atoms with Crippen molar-refractivity contribution in [3.8, 4) is 0 Å². The molecule has 0 spiro atoms. The molecule has 0 aromatic rings. The lowest BCUT2D eigenvalue weighted by Crippen LogP contribution is -2.39. The summed E-state index contributed by atoms with van der Waals surface area (Å²) in [7, 11) is 0. The second-order valence-electron chi connectivity index (χ2n) is 2.24. The van der Waals surface area contributed by atoms with Gasteiger partial charge < -0.3 is 15.9 Å². The van der Waals surface area contributed by atoms with Crippen molar-refractivity contribution in [3.63, 3.8) is 0 Å². The molecule has 4 nitrogen and oxygen atoms in total. The predicted octanol–water partition coefficient (Wildman–Crippen LogP) is 0.133. The van der Waals surface area contributed by atoms with Crippen molar-refractivity contribution in [3.05, 3.63) is 0 Å². The molecule has 0 aliphatic carbocycles. The van der Waals surface area contributed by atoms with E-state index in [9.17, 15) is 18.0 Å². The molecule has 0 aliphatic heterocycles. The summed E-state index contributed by atoms with van der Waals surface area (Å²) in [6, 6.07) is -1.69. The maximum Gasteiger partial charge on any atom is 0.414 e. The van der Waals surface area contributed by atoms with Crippen LogP contribution < -0.4 is 5.73 Å². The first-order valence-electron chi connectivity index (χ1n) is 2.98. The standard InChI is InChI=1S/C5H8F3NO3.ClH/c6-5(7,8)3(10)1-2(9)4(11)12;/h2-3,10H,1,9H2,(H,11,12);1H. The Balaban J connectivity index is 0.